The molecule has 30 heavy (non-hydrogen) atoms. The van der Waals surface area contributed by atoms with Gasteiger partial charge in [-0.05, 0) is 69.2 Å². The third-order valence-electron chi connectivity index (χ3n) is 6.08. The first-order chi connectivity index (χ1) is 14.4. The van der Waals surface area contributed by atoms with Crippen molar-refractivity contribution in [2.24, 2.45) is 5.41 Å². The standard InChI is InChI=1S/C25H32N2O3/c1-5-30-23(28)25(16-21-13-7-6-10-18(21)2)14-9-15-27(17-25)24(29)26-22-19(3)11-8-12-20(22)4/h6-8,10-13H,5,9,14-17H2,1-4H3,(H,26,29). The lowest BCUT2D eigenvalue weighted by Gasteiger charge is -2.41. The minimum absolute atomic E-state index is 0.162. The van der Waals surface area contributed by atoms with E-state index < -0.39 is 5.41 Å². The van der Waals surface area contributed by atoms with E-state index in [-0.39, 0.29) is 12.0 Å². The Morgan fingerprint density at radius 3 is 2.37 bits per heavy atom. The topological polar surface area (TPSA) is 58.6 Å². The van der Waals surface area contributed by atoms with E-state index in [0.717, 1.165) is 34.4 Å². The molecule has 5 nitrogen and oxygen atoms in total. The Kier molecular flexibility index (Phi) is 6.80. The maximum atomic E-state index is 13.1. The molecule has 2 aromatic carbocycles. The van der Waals surface area contributed by atoms with Crippen molar-refractivity contribution in [1.29, 1.82) is 0 Å². The highest BCUT2D eigenvalue weighted by Gasteiger charge is 2.45. The summed E-state index contributed by atoms with van der Waals surface area (Å²) in [5, 5.41) is 3.07. The van der Waals surface area contributed by atoms with Gasteiger partial charge in [0.1, 0.15) is 0 Å². The predicted molar refractivity (Wildman–Crippen MR) is 120 cm³/mol. The van der Waals surface area contributed by atoms with E-state index in [2.05, 4.69) is 24.4 Å². The third-order valence-corrected chi connectivity index (χ3v) is 6.08. The molecule has 1 N–H and O–H groups in total. The van der Waals surface area contributed by atoms with Crippen LogP contribution in [0.3, 0.4) is 0 Å². The lowest BCUT2D eigenvalue weighted by atomic mass is 9.74. The van der Waals surface area contributed by atoms with E-state index in [1.165, 1.54) is 0 Å². The second kappa shape index (κ2) is 9.33. The summed E-state index contributed by atoms with van der Waals surface area (Å²) in [6.45, 7) is 9.18. The lowest BCUT2D eigenvalue weighted by molar-refractivity contribution is -0.158. The van der Waals surface area contributed by atoms with Gasteiger partial charge in [0, 0.05) is 18.8 Å². The number of likely N-dealkylation sites (tertiary alicyclic amines) is 1. The van der Waals surface area contributed by atoms with Gasteiger partial charge >= 0.3 is 12.0 Å². The highest BCUT2D eigenvalue weighted by atomic mass is 16.5. The highest BCUT2D eigenvalue weighted by molar-refractivity contribution is 5.91. The molecule has 0 aromatic heterocycles. The average Bonchev–Trinajstić information content (AvgIpc) is 2.73. The van der Waals surface area contributed by atoms with Crippen LogP contribution in [-0.2, 0) is 16.0 Å². The number of esters is 1. The van der Waals surface area contributed by atoms with E-state index in [1.54, 1.807) is 4.90 Å². The first-order valence-corrected chi connectivity index (χ1v) is 10.7. The van der Waals surface area contributed by atoms with Crippen LogP contribution in [-0.4, -0.2) is 36.6 Å². The zero-order chi connectivity index (χ0) is 21.7. The van der Waals surface area contributed by atoms with Gasteiger partial charge in [0.15, 0.2) is 0 Å². The predicted octanol–water partition coefficient (Wildman–Crippen LogP) is 5.03. The number of rotatable bonds is 5. The molecule has 2 aromatic rings. The van der Waals surface area contributed by atoms with Gasteiger partial charge in [0.2, 0.25) is 0 Å². The number of carbonyl (C=O) groups excluding carboxylic acids is 2. The summed E-state index contributed by atoms with van der Waals surface area (Å²) in [6.07, 6.45) is 2.06. The van der Waals surface area contributed by atoms with Crippen molar-refractivity contribution in [3.63, 3.8) is 0 Å². The number of hydrogen-bond donors (Lipinski definition) is 1. The minimum atomic E-state index is -0.724. The van der Waals surface area contributed by atoms with Crippen LogP contribution >= 0.6 is 0 Å². The van der Waals surface area contributed by atoms with Crippen LogP contribution in [0.25, 0.3) is 0 Å². The number of hydrogen-bond acceptors (Lipinski definition) is 3. The Balaban J connectivity index is 1.85. The molecule has 1 saturated heterocycles. The number of benzene rings is 2. The summed E-state index contributed by atoms with van der Waals surface area (Å²) >= 11 is 0. The summed E-state index contributed by atoms with van der Waals surface area (Å²) < 4.78 is 5.48. The molecule has 1 atom stereocenters. The number of urea groups is 1. The molecule has 1 fully saturated rings. The molecule has 0 saturated carbocycles. The van der Waals surface area contributed by atoms with Crippen LogP contribution < -0.4 is 5.32 Å². The van der Waals surface area contributed by atoms with Gasteiger partial charge in [-0.25, -0.2) is 4.79 Å². The molecule has 2 amide bonds. The van der Waals surface area contributed by atoms with Crippen LogP contribution in [0.1, 0.15) is 42.0 Å². The fourth-order valence-electron chi connectivity index (χ4n) is 4.34. The molecular formula is C25H32N2O3. The van der Waals surface area contributed by atoms with Gasteiger partial charge in [0.05, 0.1) is 12.0 Å². The molecule has 160 valence electrons. The van der Waals surface area contributed by atoms with E-state index in [4.69, 9.17) is 4.74 Å². The summed E-state index contributed by atoms with van der Waals surface area (Å²) in [5.74, 6) is -0.210. The molecule has 1 unspecified atom stereocenters. The maximum Gasteiger partial charge on any atom is 0.321 e. The summed E-state index contributed by atoms with van der Waals surface area (Å²) in [5.41, 5.74) is 4.45. The first-order valence-electron chi connectivity index (χ1n) is 10.7. The average molecular weight is 409 g/mol. The van der Waals surface area contributed by atoms with Crippen LogP contribution in [0.5, 0.6) is 0 Å². The van der Waals surface area contributed by atoms with Crippen molar-refractivity contribution in [2.75, 3.05) is 25.0 Å². The molecule has 5 heteroatoms. The van der Waals surface area contributed by atoms with Gasteiger partial charge in [-0.15, -0.1) is 0 Å². The van der Waals surface area contributed by atoms with Gasteiger partial charge < -0.3 is 15.0 Å². The Bertz CT molecular complexity index is 904. The van der Waals surface area contributed by atoms with Crippen LogP contribution in [0.2, 0.25) is 0 Å². The Labute approximate surface area is 179 Å². The van der Waals surface area contributed by atoms with E-state index in [1.807, 2.05) is 51.1 Å². The van der Waals surface area contributed by atoms with Crippen molar-refractivity contribution in [1.82, 2.24) is 4.90 Å². The summed E-state index contributed by atoms with van der Waals surface area (Å²) in [4.78, 5) is 28.0. The molecule has 0 spiro atoms. The summed E-state index contributed by atoms with van der Waals surface area (Å²) in [7, 11) is 0. The highest BCUT2D eigenvalue weighted by Crippen LogP contribution is 2.36. The second-order valence-electron chi connectivity index (χ2n) is 8.33. The van der Waals surface area contributed by atoms with Crippen molar-refractivity contribution in [3.8, 4) is 0 Å². The molecule has 0 bridgehead atoms. The number of aryl methyl sites for hydroxylation is 3. The smallest absolute Gasteiger partial charge is 0.321 e. The number of anilines is 1. The molecule has 3 rings (SSSR count). The number of nitrogens with zero attached hydrogens (tertiary/aromatic N) is 1. The number of para-hydroxylation sites is 1. The van der Waals surface area contributed by atoms with Gasteiger partial charge in [-0.3, -0.25) is 4.79 Å². The Hall–Kier alpha value is -2.82. The van der Waals surface area contributed by atoms with Crippen LogP contribution in [0.4, 0.5) is 10.5 Å². The molecule has 1 aliphatic heterocycles. The Morgan fingerprint density at radius 1 is 1.03 bits per heavy atom. The van der Waals surface area contributed by atoms with Crippen LogP contribution in [0, 0.1) is 26.2 Å². The first kappa shape index (κ1) is 21.9. The van der Waals surface area contributed by atoms with Crippen LogP contribution in [0.15, 0.2) is 42.5 Å². The van der Waals surface area contributed by atoms with E-state index >= 15 is 0 Å². The summed E-state index contributed by atoms with van der Waals surface area (Å²) in [6, 6.07) is 13.9. The molecule has 0 radical (unpaired) electrons. The molecular weight excluding hydrogens is 376 g/mol. The third kappa shape index (κ3) is 4.66. The number of piperidine rings is 1. The number of ether oxygens (including phenoxy) is 1. The minimum Gasteiger partial charge on any atom is -0.466 e. The number of nitrogens with one attached hydrogen (secondary N) is 1. The van der Waals surface area contributed by atoms with Gasteiger partial charge in [0.25, 0.3) is 0 Å². The van der Waals surface area contributed by atoms with Crippen molar-refractivity contribution in [3.05, 3.63) is 64.7 Å². The van der Waals surface area contributed by atoms with Crippen molar-refractivity contribution >= 4 is 17.7 Å². The normalized spacial score (nSPS) is 18.7. The van der Waals surface area contributed by atoms with Gasteiger partial charge in [-0.1, -0.05) is 42.5 Å². The lowest BCUT2D eigenvalue weighted by Crippen LogP contribution is -2.52. The fourth-order valence-corrected chi connectivity index (χ4v) is 4.34. The second-order valence-corrected chi connectivity index (χ2v) is 8.33. The monoisotopic (exact) mass is 408 g/mol. The van der Waals surface area contributed by atoms with Crippen molar-refractivity contribution in [2.45, 2.75) is 47.0 Å². The maximum absolute atomic E-state index is 13.1. The zero-order valence-electron chi connectivity index (χ0n) is 18.5. The SMILES string of the molecule is CCOC(=O)C1(Cc2ccccc2C)CCCN(C(=O)Nc2c(C)cccc2C)C1. The van der Waals surface area contributed by atoms with E-state index in [0.29, 0.717) is 32.5 Å². The van der Waals surface area contributed by atoms with Gasteiger partial charge in [-0.2, -0.15) is 0 Å². The molecule has 1 heterocycles. The largest absolute Gasteiger partial charge is 0.466 e. The number of carbonyl (C=O) groups is 2. The number of amides is 2. The molecule has 0 aliphatic carbocycles. The zero-order valence-corrected chi connectivity index (χ0v) is 18.5. The van der Waals surface area contributed by atoms with Crippen molar-refractivity contribution < 1.29 is 14.3 Å². The molecule has 1 aliphatic rings. The Morgan fingerprint density at radius 2 is 1.70 bits per heavy atom. The van der Waals surface area contributed by atoms with E-state index in [9.17, 15) is 9.59 Å². The quantitative estimate of drug-likeness (QED) is 0.706. The fraction of sp³-hybridized carbons (Fsp3) is 0.440.